The lowest BCUT2D eigenvalue weighted by Gasteiger charge is -2.19. The van der Waals surface area contributed by atoms with E-state index in [0.717, 1.165) is 17.2 Å². The van der Waals surface area contributed by atoms with Crippen LogP contribution in [0.3, 0.4) is 0 Å². The molecule has 35 heavy (non-hydrogen) atoms. The van der Waals surface area contributed by atoms with Gasteiger partial charge in [-0.1, -0.05) is 29.0 Å². The highest BCUT2D eigenvalue weighted by Crippen LogP contribution is 2.35. The van der Waals surface area contributed by atoms with Crippen LogP contribution in [0.25, 0.3) is 6.08 Å². The Labute approximate surface area is 215 Å². The number of thiazole rings is 1. The summed E-state index contributed by atoms with van der Waals surface area (Å²) in [6, 6.07) is 5.16. The Hall–Kier alpha value is -2.78. The van der Waals surface area contributed by atoms with Crippen LogP contribution < -0.4 is 20.1 Å². The zero-order valence-electron chi connectivity index (χ0n) is 20.4. The van der Waals surface area contributed by atoms with E-state index in [1.165, 1.54) is 24.2 Å². The third-order valence-corrected chi connectivity index (χ3v) is 5.88. The number of alkyl carbamates (subject to hydrolysis) is 1. The topological polar surface area (TPSA) is 98.8 Å². The fourth-order valence-corrected chi connectivity index (χ4v) is 3.75. The molecule has 1 aliphatic rings. The molecule has 0 radical (unpaired) electrons. The zero-order chi connectivity index (χ0) is 25.4. The number of hydrogen-bond acceptors (Lipinski definition) is 7. The minimum Gasteiger partial charge on any atom is -0.493 e. The molecule has 1 aromatic carbocycles. The number of carbonyl (C=O) groups excluding carboxylic acids is 2. The summed E-state index contributed by atoms with van der Waals surface area (Å²) in [6.45, 7) is 8.13. The maximum atomic E-state index is 12.1. The first kappa shape index (κ1) is 26.8. The summed E-state index contributed by atoms with van der Waals surface area (Å²) in [5.74, 6) is 1.74. The Balaban J connectivity index is 1.40. The van der Waals surface area contributed by atoms with Gasteiger partial charge in [0.25, 0.3) is 5.19 Å². The summed E-state index contributed by atoms with van der Waals surface area (Å²) in [7, 11) is 0. The van der Waals surface area contributed by atoms with Crippen molar-refractivity contribution in [2.24, 2.45) is 5.92 Å². The number of rotatable bonds is 11. The lowest BCUT2D eigenvalue weighted by atomic mass is 10.2. The maximum Gasteiger partial charge on any atom is 0.407 e. The minimum atomic E-state index is -0.575. The van der Waals surface area contributed by atoms with E-state index < -0.39 is 11.7 Å². The standard InChI is InChI=1S/C25H32ClN3O5S/c1-16(29-22(30)11-12-27-23(31)34-25(2,3)4)5-9-19-14-28-24(35-19)33-21-10-8-18(13-20(21)26)32-15-17-6-7-17/h5,8-10,13-14,16-17H,6-7,11-12,15H2,1-4H3,(H,27,31)(H,29,30)/b9-5+/t16-/m0/s1. The van der Waals surface area contributed by atoms with E-state index in [0.29, 0.717) is 21.9 Å². The molecule has 2 amide bonds. The molecule has 1 atom stereocenters. The van der Waals surface area contributed by atoms with Crippen molar-refractivity contribution in [1.29, 1.82) is 0 Å². The maximum absolute atomic E-state index is 12.1. The van der Waals surface area contributed by atoms with Crippen molar-refractivity contribution in [3.63, 3.8) is 0 Å². The van der Waals surface area contributed by atoms with Gasteiger partial charge in [0.1, 0.15) is 17.1 Å². The van der Waals surface area contributed by atoms with Gasteiger partial charge in [0.2, 0.25) is 5.91 Å². The fraction of sp³-hybridized carbons (Fsp3) is 0.480. The van der Waals surface area contributed by atoms with E-state index >= 15 is 0 Å². The molecule has 0 unspecified atom stereocenters. The minimum absolute atomic E-state index is 0.154. The molecule has 3 rings (SSSR count). The van der Waals surface area contributed by atoms with Gasteiger partial charge in [-0.3, -0.25) is 4.79 Å². The molecule has 2 N–H and O–H groups in total. The van der Waals surface area contributed by atoms with Gasteiger partial charge in [0.05, 0.1) is 16.5 Å². The highest BCUT2D eigenvalue weighted by atomic mass is 35.5. The Morgan fingerprint density at radius 1 is 1.31 bits per heavy atom. The molecule has 2 aromatic rings. The van der Waals surface area contributed by atoms with Crippen molar-refractivity contribution in [3.05, 3.63) is 40.4 Å². The molecular weight excluding hydrogens is 490 g/mol. The zero-order valence-corrected chi connectivity index (χ0v) is 22.0. The summed E-state index contributed by atoms with van der Waals surface area (Å²) in [5, 5.41) is 6.35. The largest absolute Gasteiger partial charge is 0.493 e. The molecule has 190 valence electrons. The van der Waals surface area contributed by atoms with Crippen LogP contribution >= 0.6 is 22.9 Å². The molecular formula is C25H32ClN3O5S. The van der Waals surface area contributed by atoms with Crippen LogP contribution in [-0.2, 0) is 9.53 Å². The summed E-state index contributed by atoms with van der Waals surface area (Å²) in [5.41, 5.74) is -0.575. The third kappa shape index (κ3) is 10.2. The summed E-state index contributed by atoms with van der Waals surface area (Å²) in [6.07, 6.45) is 7.49. The average molecular weight is 522 g/mol. The highest BCUT2D eigenvalue weighted by molar-refractivity contribution is 7.14. The van der Waals surface area contributed by atoms with Crippen molar-refractivity contribution in [1.82, 2.24) is 15.6 Å². The molecule has 0 bridgehead atoms. The van der Waals surface area contributed by atoms with Crippen molar-refractivity contribution >= 4 is 41.0 Å². The van der Waals surface area contributed by atoms with Crippen LogP contribution in [0.5, 0.6) is 16.7 Å². The molecule has 0 saturated heterocycles. The molecule has 1 saturated carbocycles. The van der Waals surface area contributed by atoms with Crippen molar-refractivity contribution in [2.75, 3.05) is 13.2 Å². The molecule has 10 heteroatoms. The normalized spacial score (nSPS) is 14.4. The van der Waals surface area contributed by atoms with E-state index in [9.17, 15) is 9.59 Å². The van der Waals surface area contributed by atoms with Gasteiger partial charge in [0, 0.05) is 31.3 Å². The average Bonchev–Trinajstić information content (AvgIpc) is 3.48. The van der Waals surface area contributed by atoms with Crippen LogP contribution in [0.4, 0.5) is 4.79 Å². The first-order valence-corrected chi connectivity index (χ1v) is 12.8. The van der Waals surface area contributed by atoms with Crippen LogP contribution in [0.2, 0.25) is 5.02 Å². The Morgan fingerprint density at radius 2 is 2.09 bits per heavy atom. The molecule has 0 aliphatic heterocycles. The molecule has 1 aliphatic carbocycles. The second kappa shape index (κ2) is 12.3. The van der Waals surface area contributed by atoms with Crippen LogP contribution in [0.15, 0.2) is 30.5 Å². The van der Waals surface area contributed by atoms with Gasteiger partial charge < -0.3 is 24.8 Å². The Kier molecular flexibility index (Phi) is 9.40. The smallest absolute Gasteiger partial charge is 0.407 e. The van der Waals surface area contributed by atoms with Crippen molar-refractivity contribution in [3.8, 4) is 16.7 Å². The Bertz CT molecular complexity index is 1050. The molecule has 1 fully saturated rings. The predicted octanol–water partition coefficient (Wildman–Crippen LogP) is 5.81. The van der Waals surface area contributed by atoms with Gasteiger partial charge in [-0.05, 0) is 64.7 Å². The number of nitrogens with one attached hydrogen (secondary N) is 2. The van der Waals surface area contributed by atoms with E-state index in [1.807, 2.05) is 25.1 Å². The lowest BCUT2D eigenvalue weighted by molar-refractivity contribution is -0.121. The van der Waals surface area contributed by atoms with E-state index in [1.54, 1.807) is 39.1 Å². The van der Waals surface area contributed by atoms with Gasteiger partial charge in [-0.15, -0.1) is 0 Å². The van der Waals surface area contributed by atoms with Crippen molar-refractivity contribution in [2.45, 2.75) is 58.6 Å². The molecule has 1 heterocycles. The van der Waals surface area contributed by atoms with E-state index in [2.05, 4.69) is 15.6 Å². The number of aromatic nitrogens is 1. The number of nitrogens with zero attached hydrogens (tertiary/aromatic N) is 1. The monoisotopic (exact) mass is 521 g/mol. The fourth-order valence-electron chi connectivity index (χ4n) is 2.85. The Morgan fingerprint density at radius 3 is 2.77 bits per heavy atom. The molecule has 8 nitrogen and oxygen atoms in total. The molecule has 0 spiro atoms. The SMILES string of the molecule is C[C@@H](/C=C/c1cnc(Oc2ccc(OCC3CC3)cc2Cl)s1)NC(=O)CCNC(=O)OC(C)(C)C. The third-order valence-electron chi connectivity index (χ3n) is 4.74. The number of benzene rings is 1. The second-order valence-corrected chi connectivity index (χ2v) is 10.8. The van der Waals surface area contributed by atoms with Gasteiger partial charge in [-0.2, -0.15) is 0 Å². The number of carbonyl (C=O) groups is 2. The van der Waals surface area contributed by atoms with Crippen LogP contribution in [-0.4, -0.2) is 41.8 Å². The highest BCUT2D eigenvalue weighted by Gasteiger charge is 2.22. The quantitative estimate of drug-likeness (QED) is 0.387. The summed E-state index contributed by atoms with van der Waals surface area (Å²) >= 11 is 7.70. The predicted molar refractivity (Wildman–Crippen MR) is 137 cm³/mol. The number of halogens is 1. The number of ether oxygens (including phenoxy) is 3. The number of amides is 2. The summed E-state index contributed by atoms with van der Waals surface area (Å²) in [4.78, 5) is 28.9. The first-order valence-electron chi connectivity index (χ1n) is 11.6. The van der Waals surface area contributed by atoms with Crippen molar-refractivity contribution < 1.29 is 23.8 Å². The first-order chi connectivity index (χ1) is 16.6. The van der Waals surface area contributed by atoms with E-state index in [4.69, 9.17) is 25.8 Å². The van der Waals surface area contributed by atoms with Crippen LogP contribution in [0.1, 0.15) is 51.8 Å². The van der Waals surface area contributed by atoms with E-state index in [-0.39, 0.29) is 24.9 Å². The van der Waals surface area contributed by atoms with Gasteiger partial charge in [0.15, 0.2) is 0 Å². The second-order valence-electron chi connectivity index (χ2n) is 9.37. The lowest BCUT2D eigenvalue weighted by Crippen LogP contribution is -2.36. The van der Waals surface area contributed by atoms with Gasteiger partial charge >= 0.3 is 6.09 Å². The summed E-state index contributed by atoms with van der Waals surface area (Å²) < 4.78 is 16.7. The number of hydrogen-bond donors (Lipinski definition) is 2. The van der Waals surface area contributed by atoms with Gasteiger partial charge in [-0.25, -0.2) is 9.78 Å². The van der Waals surface area contributed by atoms with Crippen LogP contribution in [0, 0.1) is 5.92 Å². The molecule has 1 aromatic heterocycles.